The number of pyridine rings is 1. The van der Waals surface area contributed by atoms with E-state index in [9.17, 15) is 4.79 Å². The highest BCUT2D eigenvalue weighted by atomic mass is 16.5. The standard InChI is InChI=1S/C18H23N3O4/c1-12-5-7-15(16(9-12)24-4)25-17-8-6-14(10-19-17)21-18(22)20-13(2)11-23-3/h5-10,13H,11H2,1-4H3,(H2,20,21,22)/t13-/m0/s1. The maximum Gasteiger partial charge on any atom is 0.319 e. The number of aromatic nitrogens is 1. The largest absolute Gasteiger partial charge is 0.493 e. The topological polar surface area (TPSA) is 81.7 Å². The van der Waals surface area contributed by atoms with Gasteiger partial charge in [0.1, 0.15) is 0 Å². The molecule has 0 unspecified atom stereocenters. The van der Waals surface area contributed by atoms with Crippen molar-refractivity contribution in [1.82, 2.24) is 10.3 Å². The van der Waals surface area contributed by atoms with E-state index in [0.29, 0.717) is 29.7 Å². The Kier molecular flexibility index (Phi) is 6.59. The summed E-state index contributed by atoms with van der Waals surface area (Å²) in [6.45, 7) is 4.27. The molecule has 0 bridgehead atoms. The van der Waals surface area contributed by atoms with Gasteiger partial charge >= 0.3 is 6.03 Å². The third-order valence-electron chi connectivity index (χ3n) is 3.32. The molecule has 2 N–H and O–H groups in total. The number of benzene rings is 1. The van der Waals surface area contributed by atoms with Gasteiger partial charge in [-0.3, -0.25) is 0 Å². The van der Waals surface area contributed by atoms with Crippen molar-refractivity contribution in [2.45, 2.75) is 19.9 Å². The van der Waals surface area contributed by atoms with Crippen LogP contribution in [0.1, 0.15) is 12.5 Å². The number of nitrogens with one attached hydrogen (secondary N) is 2. The summed E-state index contributed by atoms with van der Waals surface area (Å²) < 4.78 is 16.0. The molecule has 0 aliphatic rings. The van der Waals surface area contributed by atoms with Gasteiger partial charge in [0.15, 0.2) is 11.5 Å². The Labute approximate surface area is 147 Å². The second-order valence-corrected chi connectivity index (χ2v) is 5.60. The molecule has 1 aromatic heterocycles. The summed E-state index contributed by atoms with van der Waals surface area (Å²) >= 11 is 0. The molecule has 0 saturated heterocycles. The van der Waals surface area contributed by atoms with E-state index < -0.39 is 0 Å². The smallest absolute Gasteiger partial charge is 0.319 e. The Hall–Kier alpha value is -2.80. The first-order valence-electron chi connectivity index (χ1n) is 7.87. The number of methoxy groups -OCH3 is 2. The lowest BCUT2D eigenvalue weighted by Crippen LogP contribution is -2.38. The molecule has 2 amide bonds. The zero-order chi connectivity index (χ0) is 18.2. The summed E-state index contributed by atoms with van der Waals surface area (Å²) in [7, 11) is 3.17. The highest BCUT2D eigenvalue weighted by molar-refractivity contribution is 5.89. The van der Waals surface area contributed by atoms with Crippen LogP contribution in [0, 0.1) is 6.92 Å². The minimum atomic E-state index is -0.319. The second kappa shape index (κ2) is 8.89. The quantitative estimate of drug-likeness (QED) is 0.804. The molecule has 0 aliphatic carbocycles. The van der Waals surface area contributed by atoms with E-state index in [0.717, 1.165) is 5.56 Å². The lowest BCUT2D eigenvalue weighted by Gasteiger charge is -2.14. The van der Waals surface area contributed by atoms with E-state index in [1.54, 1.807) is 26.4 Å². The lowest BCUT2D eigenvalue weighted by molar-refractivity contribution is 0.173. The number of hydrogen-bond donors (Lipinski definition) is 2. The number of hydrogen-bond acceptors (Lipinski definition) is 5. The van der Waals surface area contributed by atoms with Crippen molar-refractivity contribution in [1.29, 1.82) is 0 Å². The van der Waals surface area contributed by atoms with E-state index >= 15 is 0 Å². The molecule has 7 nitrogen and oxygen atoms in total. The summed E-state index contributed by atoms with van der Waals surface area (Å²) in [5.41, 5.74) is 1.63. The Morgan fingerprint density at radius 3 is 2.64 bits per heavy atom. The molecule has 2 rings (SSSR count). The molecule has 134 valence electrons. The minimum Gasteiger partial charge on any atom is -0.493 e. The van der Waals surface area contributed by atoms with Gasteiger partial charge in [0.25, 0.3) is 0 Å². The van der Waals surface area contributed by atoms with Crippen molar-refractivity contribution in [3.05, 3.63) is 42.1 Å². The number of rotatable bonds is 7. The Morgan fingerprint density at radius 1 is 1.20 bits per heavy atom. The molecule has 25 heavy (non-hydrogen) atoms. The number of nitrogens with zero attached hydrogens (tertiary/aromatic N) is 1. The fraction of sp³-hybridized carbons (Fsp3) is 0.333. The first-order chi connectivity index (χ1) is 12.0. The third-order valence-corrected chi connectivity index (χ3v) is 3.32. The van der Waals surface area contributed by atoms with Crippen LogP contribution in [-0.4, -0.2) is 37.9 Å². The molecule has 0 fully saturated rings. The van der Waals surface area contributed by atoms with E-state index in [1.165, 1.54) is 6.20 Å². The summed E-state index contributed by atoms with van der Waals surface area (Å²) in [4.78, 5) is 16.0. The molecule has 1 aromatic carbocycles. The van der Waals surface area contributed by atoms with Crippen LogP contribution in [0.3, 0.4) is 0 Å². The van der Waals surface area contributed by atoms with Gasteiger partial charge in [-0.05, 0) is 37.6 Å². The van der Waals surface area contributed by atoms with E-state index in [2.05, 4.69) is 15.6 Å². The fourth-order valence-electron chi connectivity index (χ4n) is 2.17. The van der Waals surface area contributed by atoms with Crippen LogP contribution in [-0.2, 0) is 4.74 Å². The molecule has 2 aromatic rings. The maximum atomic E-state index is 11.8. The first-order valence-corrected chi connectivity index (χ1v) is 7.87. The van der Waals surface area contributed by atoms with Gasteiger partial charge in [-0.25, -0.2) is 9.78 Å². The average molecular weight is 345 g/mol. The van der Waals surface area contributed by atoms with Gasteiger partial charge in [0.05, 0.1) is 31.6 Å². The number of aryl methyl sites for hydroxylation is 1. The molecule has 0 radical (unpaired) electrons. The molecule has 0 aliphatic heterocycles. The van der Waals surface area contributed by atoms with Crippen LogP contribution in [0.5, 0.6) is 17.4 Å². The summed E-state index contributed by atoms with van der Waals surface area (Å²) in [5.74, 6) is 1.61. The normalized spacial score (nSPS) is 11.5. The van der Waals surface area contributed by atoms with Crippen molar-refractivity contribution < 1.29 is 19.0 Å². The maximum absolute atomic E-state index is 11.8. The van der Waals surface area contributed by atoms with E-state index in [1.807, 2.05) is 32.0 Å². The van der Waals surface area contributed by atoms with Crippen molar-refractivity contribution in [2.24, 2.45) is 0 Å². The van der Waals surface area contributed by atoms with Gasteiger partial charge in [-0.1, -0.05) is 6.07 Å². The predicted molar refractivity (Wildman–Crippen MR) is 95.5 cm³/mol. The zero-order valence-corrected chi connectivity index (χ0v) is 14.8. The van der Waals surface area contributed by atoms with Gasteiger partial charge in [-0.15, -0.1) is 0 Å². The molecular weight excluding hydrogens is 322 g/mol. The SMILES string of the molecule is COC[C@H](C)NC(=O)Nc1ccc(Oc2ccc(C)cc2OC)nc1. The molecule has 0 saturated carbocycles. The van der Waals surface area contributed by atoms with E-state index in [-0.39, 0.29) is 12.1 Å². The highest BCUT2D eigenvalue weighted by Gasteiger charge is 2.09. The van der Waals surface area contributed by atoms with Crippen LogP contribution in [0.2, 0.25) is 0 Å². The number of carbonyl (C=O) groups excluding carboxylic acids is 1. The highest BCUT2D eigenvalue weighted by Crippen LogP contribution is 2.31. The number of ether oxygens (including phenoxy) is 3. The summed E-state index contributed by atoms with van der Waals surface area (Å²) in [6, 6.07) is 8.62. The molecule has 1 atom stereocenters. The first kappa shape index (κ1) is 18.5. The Balaban J connectivity index is 1.97. The number of carbonyl (C=O) groups is 1. The van der Waals surface area contributed by atoms with Gasteiger partial charge in [0, 0.05) is 13.2 Å². The van der Waals surface area contributed by atoms with Crippen molar-refractivity contribution in [3.63, 3.8) is 0 Å². The average Bonchev–Trinajstić information content (AvgIpc) is 2.58. The van der Waals surface area contributed by atoms with Crippen LogP contribution in [0.25, 0.3) is 0 Å². The van der Waals surface area contributed by atoms with Crippen molar-refractivity contribution >= 4 is 11.7 Å². The number of urea groups is 1. The third kappa shape index (κ3) is 5.65. The van der Waals surface area contributed by atoms with Gasteiger partial charge < -0.3 is 24.8 Å². The van der Waals surface area contributed by atoms with Gasteiger partial charge in [-0.2, -0.15) is 0 Å². The molecule has 7 heteroatoms. The van der Waals surface area contributed by atoms with E-state index in [4.69, 9.17) is 14.2 Å². The Bertz CT molecular complexity index is 704. The Morgan fingerprint density at radius 2 is 2.00 bits per heavy atom. The second-order valence-electron chi connectivity index (χ2n) is 5.60. The number of amides is 2. The predicted octanol–water partition coefficient (Wildman–Crippen LogP) is 3.35. The van der Waals surface area contributed by atoms with Crippen molar-refractivity contribution in [2.75, 3.05) is 26.1 Å². The van der Waals surface area contributed by atoms with Crippen LogP contribution < -0.4 is 20.1 Å². The van der Waals surface area contributed by atoms with Gasteiger partial charge in [0.2, 0.25) is 5.88 Å². The molecule has 0 spiro atoms. The minimum absolute atomic E-state index is 0.0884. The molecular formula is C18H23N3O4. The zero-order valence-electron chi connectivity index (χ0n) is 14.8. The lowest BCUT2D eigenvalue weighted by atomic mass is 10.2. The monoisotopic (exact) mass is 345 g/mol. The fourth-order valence-corrected chi connectivity index (χ4v) is 2.17. The van der Waals surface area contributed by atoms with Crippen LogP contribution >= 0.6 is 0 Å². The van der Waals surface area contributed by atoms with Crippen molar-refractivity contribution in [3.8, 4) is 17.4 Å². The molecule has 1 heterocycles. The van der Waals surface area contributed by atoms with Crippen LogP contribution in [0.15, 0.2) is 36.5 Å². The summed E-state index contributed by atoms with van der Waals surface area (Å²) in [6.07, 6.45) is 1.52. The van der Waals surface area contributed by atoms with Crippen LogP contribution in [0.4, 0.5) is 10.5 Å². The summed E-state index contributed by atoms with van der Waals surface area (Å²) in [5, 5.41) is 5.46. The number of anilines is 1.